The van der Waals surface area contributed by atoms with E-state index in [0.29, 0.717) is 6.42 Å². The molecule has 0 saturated heterocycles. The van der Waals surface area contributed by atoms with Gasteiger partial charge < -0.3 is 14.9 Å². The first kappa shape index (κ1) is 21.7. The van der Waals surface area contributed by atoms with Crippen LogP contribution in [0.25, 0.3) is 0 Å². The third kappa shape index (κ3) is 8.65. The van der Waals surface area contributed by atoms with Crippen LogP contribution in [0, 0.1) is 11.8 Å². The minimum atomic E-state index is -1.02. The number of ether oxygens (including phenoxy) is 1. The van der Waals surface area contributed by atoms with Crippen molar-refractivity contribution in [3.05, 3.63) is 35.9 Å². The highest BCUT2D eigenvalue weighted by Gasteiger charge is 2.25. The van der Waals surface area contributed by atoms with Crippen molar-refractivity contribution in [3.8, 4) is 0 Å². The van der Waals surface area contributed by atoms with Crippen LogP contribution in [0.3, 0.4) is 0 Å². The van der Waals surface area contributed by atoms with Gasteiger partial charge in [-0.05, 0) is 52.0 Å². The molecule has 6 nitrogen and oxygen atoms in total. The molecule has 0 aliphatic carbocycles. The second kappa shape index (κ2) is 9.94. The first-order valence-electron chi connectivity index (χ1n) is 8.80. The van der Waals surface area contributed by atoms with Crippen molar-refractivity contribution in [3.63, 3.8) is 0 Å². The Morgan fingerprint density at radius 3 is 1.96 bits per heavy atom. The molecule has 0 bridgehead atoms. The Morgan fingerprint density at radius 1 is 0.923 bits per heavy atom. The molecule has 0 fully saturated rings. The molecule has 0 spiro atoms. The molecule has 0 aromatic heterocycles. The predicted octanol–water partition coefficient (Wildman–Crippen LogP) is 3.53. The molecule has 0 aliphatic heterocycles. The van der Waals surface area contributed by atoms with Crippen molar-refractivity contribution in [2.75, 3.05) is 0 Å². The second-order valence-corrected chi connectivity index (χ2v) is 7.46. The van der Waals surface area contributed by atoms with Gasteiger partial charge in [0.25, 0.3) is 0 Å². The average molecular weight is 364 g/mol. The van der Waals surface area contributed by atoms with E-state index in [4.69, 9.17) is 4.74 Å². The third-order valence-corrected chi connectivity index (χ3v) is 4.00. The molecule has 6 heteroatoms. The van der Waals surface area contributed by atoms with E-state index >= 15 is 0 Å². The molecule has 0 unspecified atom stereocenters. The fourth-order valence-corrected chi connectivity index (χ4v) is 2.69. The number of benzene rings is 1. The summed E-state index contributed by atoms with van der Waals surface area (Å²) in [6, 6.07) is 9.25. The highest BCUT2D eigenvalue weighted by atomic mass is 16.6. The van der Waals surface area contributed by atoms with Gasteiger partial charge in [0.05, 0.1) is 11.8 Å². The fraction of sp³-hybridized carbons (Fsp3) is 0.550. The van der Waals surface area contributed by atoms with Crippen LogP contribution in [0.15, 0.2) is 30.3 Å². The number of carboxylic acid groups (broad SMARTS) is 2. The Kier molecular flexibility index (Phi) is 8.29. The van der Waals surface area contributed by atoms with Gasteiger partial charge in [0, 0.05) is 6.42 Å². The van der Waals surface area contributed by atoms with E-state index in [9.17, 15) is 24.6 Å². The predicted molar refractivity (Wildman–Crippen MR) is 96.7 cm³/mol. The summed E-state index contributed by atoms with van der Waals surface area (Å²) < 4.78 is 5.18. The first-order valence-corrected chi connectivity index (χ1v) is 8.80. The maximum absolute atomic E-state index is 11.8. The minimum Gasteiger partial charge on any atom is -0.481 e. The summed E-state index contributed by atoms with van der Waals surface area (Å²) in [5.41, 5.74) is 0.292. The smallest absolute Gasteiger partial charge is 0.306 e. The lowest BCUT2D eigenvalue weighted by molar-refractivity contribution is -0.155. The normalized spacial score (nSPS) is 13.7. The molecule has 0 amide bonds. The monoisotopic (exact) mass is 364 g/mol. The molecule has 0 saturated carbocycles. The van der Waals surface area contributed by atoms with Crippen molar-refractivity contribution >= 4 is 17.9 Å². The zero-order valence-electron chi connectivity index (χ0n) is 15.6. The summed E-state index contributed by atoms with van der Waals surface area (Å²) in [5, 5.41) is 18.8. The molecule has 0 aliphatic rings. The molecule has 2 N–H and O–H groups in total. The van der Waals surface area contributed by atoms with Crippen molar-refractivity contribution in [2.45, 2.75) is 58.5 Å². The summed E-state index contributed by atoms with van der Waals surface area (Å²) in [6.07, 6.45) is 0.957. The Hall–Kier alpha value is -2.37. The van der Waals surface area contributed by atoms with Gasteiger partial charge in [-0.1, -0.05) is 30.3 Å². The number of carboxylic acids is 2. The van der Waals surface area contributed by atoms with Gasteiger partial charge in [-0.3, -0.25) is 14.4 Å². The Labute approximate surface area is 154 Å². The summed E-state index contributed by atoms with van der Waals surface area (Å²) in [4.78, 5) is 34.7. The Balaban J connectivity index is 2.58. The van der Waals surface area contributed by atoms with E-state index in [-0.39, 0.29) is 25.7 Å². The molecule has 1 aromatic rings. The molecular weight excluding hydrogens is 336 g/mol. The highest BCUT2D eigenvalue weighted by Crippen LogP contribution is 2.22. The van der Waals surface area contributed by atoms with Crippen LogP contribution >= 0.6 is 0 Å². The van der Waals surface area contributed by atoms with E-state index < -0.39 is 35.3 Å². The van der Waals surface area contributed by atoms with Crippen LogP contribution in [0.2, 0.25) is 0 Å². The van der Waals surface area contributed by atoms with Crippen LogP contribution in [-0.2, 0) is 25.5 Å². The molecule has 1 aromatic carbocycles. The summed E-state index contributed by atoms with van der Waals surface area (Å²) in [7, 11) is 0. The van der Waals surface area contributed by atoms with Crippen LogP contribution in [-0.4, -0.2) is 33.7 Å². The third-order valence-electron chi connectivity index (χ3n) is 4.00. The number of hydrogen-bond donors (Lipinski definition) is 2. The number of hydrogen-bond acceptors (Lipinski definition) is 4. The van der Waals surface area contributed by atoms with E-state index in [0.717, 1.165) is 5.56 Å². The lowest BCUT2D eigenvalue weighted by atomic mass is 9.89. The molecule has 144 valence electrons. The van der Waals surface area contributed by atoms with E-state index in [1.807, 2.05) is 30.3 Å². The number of rotatable bonds is 10. The molecule has 0 heterocycles. The van der Waals surface area contributed by atoms with Crippen LogP contribution in [0.1, 0.15) is 52.0 Å². The number of carbonyl (C=O) groups excluding carboxylic acids is 1. The topological polar surface area (TPSA) is 101 Å². The van der Waals surface area contributed by atoms with Crippen LogP contribution in [0.4, 0.5) is 0 Å². The Morgan fingerprint density at radius 2 is 1.46 bits per heavy atom. The Bertz CT molecular complexity index is 602. The molecule has 0 radical (unpaired) electrons. The van der Waals surface area contributed by atoms with Gasteiger partial charge in [-0.25, -0.2) is 0 Å². The summed E-state index contributed by atoms with van der Waals surface area (Å²) in [6.45, 7) is 5.25. The quantitative estimate of drug-likeness (QED) is 0.616. The fourth-order valence-electron chi connectivity index (χ4n) is 2.69. The standard InChI is InChI=1S/C20H28O6/c1-20(2,3)26-17(21)12-11-15(18(22)23)9-10-16(19(24)25)13-14-7-5-4-6-8-14/h4-8,15-16H,9-13H2,1-3H3,(H,22,23)(H,24,25)/t15-,16-/m1/s1. The van der Waals surface area contributed by atoms with Crippen molar-refractivity contribution in [1.29, 1.82) is 0 Å². The molecule has 1 rings (SSSR count). The average Bonchev–Trinajstić information content (AvgIpc) is 2.52. The van der Waals surface area contributed by atoms with Gasteiger partial charge in [-0.2, -0.15) is 0 Å². The lowest BCUT2D eigenvalue weighted by Crippen LogP contribution is -2.25. The van der Waals surface area contributed by atoms with Crippen molar-refractivity contribution < 1.29 is 29.3 Å². The van der Waals surface area contributed by atoms with E-state index in [2.05, 4.69) is 0 Å². The largest absolute Gasteiger partial charge is 0.481 e. The zero-order valence-corrected chi connectivity index (χ0v) is 15.6. The van der Waals surface area contributed by atoms with Gasteiger partial charge >= 0.3 is 17.9 Å². The van der Waals surface area contributed by atoms with Gasteiger partial charge in [0.2, 0.25) is 0 Å². The maximum Gasteiger partial charge on any atom is 0.306 e. The highest BCUT2D eigenvalue weighted by molar-refractivity contribution is 5.74. The minimum absolute atomic E-state index is 0.00462. The lowest BCUT2D eigenvalue weighted by Gasteiger charge is -2.20. The van der Waals surface area contributed by atoms with E-state index in [1.54, 1.807) is 20.8 Å². The molecular formula is C20H28O6. The number of esters is 1. The zero-order chi connectivity index (χ0) is 19.7. The number of carbonyl (C=O) groups is 3. The van der Waals surface area contributed by atoms with E-state index in [1.165, 1.54) is 0 Å². The van der Waals surface area contributed by atoms with Crippen LogP contribution in [0.5, 0.6) is 0 Å². The second-order valence-electron chi connectivity index (χ2n) is 7.46. The van der Waals surface area contributed by atoms with Gasteiger partial charge in [0.1, 0.15) is 5.60 Å². The molecule has 2 atom stereocenters. The van der Waals surface area contributed by atoms with Crippen LogP contribution < -0.4 is 0 Å². The summed E-state index contributed by atoms with van der Waals surface area (Å²) >= 11 is 0. The molecule has 26 heavy (non-hydrogen) atoms. The SMILES string of the molecule is CC(C)(C)OC(=O)CC[C@@H](CC[C@H](Cc1ccccc1)C(=O)O)C(=O)O. The summed E-state index contributed by atoms with van der Waals surface area (Å²) in [5.74, 6) is -3.81. The van der Waals surface area contributed by atoms with Crippen molar-refractivity contribution in [2.24, 2.45) is 11.8 Å². The van der Waals surface area contributed by atoms with Gasteiger partial charge in [0.15, 0.2) is 0 Å². The number of aliphatic carboxylic acids is 2. The first-order chi connectivity index (χ1) is 12.1. The maximum atomic E-state index is 11.8. The van der Waals surface area contributed by atoms with Gasteiger partial charge in [-0.15, -0.1) is 0 Å². The van der Waals surface area contributed by atoms with Crippen molar-refractivity contribution in [1.82, 2.24) is 0 Å².